The van der Waals surface area contributed by atoms with Crippen molar-refractivity contribution in [3.05, 3.63) is 48.0 Å². The summed E-state index contributed by atoms with van der Waals surface area (Å²) in [5.74, 6) is 5.87. The molecule has 1 aliphatic rings. The van der Waals surface area contributed by atoms with E-state index in [1.54, 1.807) is 6.08 Å². The SMILES string of the molecule is OC1(C#Cc2ccccc2)C=CCC1. The van der Waals surface area contributed by atoms with Gasteiger partial charge in [-0.15, -0.1) is 0 Å². The van der Waals surface area contributed by atoms with Crippen LogP contribution in [-0.4, -0.2) is 10.7 Å². The van der Waals surface area contributed by atoms with Gasteiger partial charge in [-0.2, -0.15) is 0 Å². The molecule has 0 bridgehead atoms. The Hall–Kier alpha value is -1.52. The fourth-order valence-corrected chi connectivity index (χ4v) is 1.47. The zero-order valence-electron chi connectivity index (χ0n) is 7.90. The van der Waals surface area contributed by atoms with Crippen LogP contribution >= 0.6 is 0 Å². The maximum atomic E-state index is 9.89. The molecule has 1 aliphatic carbocycles. The number of hydrogen-bond acceptors (Lipinski definition) is 1. The molecule has 70 valence electrons. The molecular formula is C13H12O. The van der Waals surface area contributed by atoms with Crippen LogP contribution in [0, 0.1) is 11.8 Å². The molecule has 0 saturated heterocycles. The third-order valence-electron chi connectivity index (χ3n) is 2.28. The third-order valence-corrected chi connectivity index (χ3v) is 2.28. The molecule has 0 aliphatic heterocycles. The first-order valence-electron chi connectivity index (χ1n) is 4.77. The van der Waals surface area contributed by atoms with E-state index in [4.69, 9.17) is 0 Å². The van der Waals surface area contributed by atoms with Crippen LogP contribution < -0.4 is 0 Å². The second kappa shape index (κ2) is 3.69. The van der Waals surface area contributed by atoms with Crippen LogP contribution in [0.25, 0.3) is 0 Å². The Morgan fingerprint density at radius 2 is 2.00 bits per heavy atom. The molecule has 0 saturated carbocycles. The molecule has 2 rings (SSSR count). The zero-order valence-corrected chi connectivity index (χ0v) is 7.90. The van der Waals surface area contributed by atoms with E-state index >= 15 is 0 Å². The van der Waals surface area contributed by atoms with Crippen molar-refractivity contribution in [2.24, 2.45) is 0 Å². The van der Waals surface area contributed by atoms with Gasteiger partial charge in [-0.3, -0.25) is 0 Å². The van der Waals surface area contributed by atoms with Gasteiger partial charge in [0.15, 0.2) is 0 Å². The summed E-state index contributed by atoms with van der Waals surface area (Å²) >= 11 is 0. The smallest absolute Gasteiger partial charge is 0.144 e. The van der Waals surface area contributed by atoms with Gasteiger partial charge in [-0.25, -0.2) is 0 Å². The summed E-state index contributed by atoms with van der Waals surface area (Å²) in [7, 11) is 0. The Morgan fingerprint density at radius 3 is 2.64 bits per heavy atom. The van der Waals surface area contributed by atoms with Gasteiger partial charge in [-0.05, 0) is 31.1 Å². The lowest BCUT2D eigenvalue weighted by Crippen LogP contribution is -2.19. The summed E-state index contributed by atoms with van der Waals surface area (Å²) in [4.78, 5) is 0. The second-order valence-electron chi connectivity index (χ2n) is 3.48. The molecule has 14 heavy (non-hydrogen) atoms. The van der Waals surface area contributed by atoms with Gasteiger partial charge in [0.05, 0.1) is 0 Å². The lowest BCUT2D eigenvalue weighted by Gasteiger charge is -2.10. The third kappa shape index (κ3) is 2.04. The Labute approximate surface area is 84.1 Å². The monoisotopic (exact) mass is 184 g/mol. The van der Waals surface area contributed by atoms with Gasteiger partial charge < -0.3 is 5.11 Å². The first kappa shape index (κ1) is 9.05. The highest BCUT2D eigenvalue weighted by atomic mass is 16.3. The lowest BCUT2D eigenvalue weighted by molar-refractivity contribution is 0.153. The average molecular weight is 184 g/mol. The van der Waals surface area contributed by atoms with E-state index in [0.717, 1.165) is 12.0 Å². The normalized spacial score (nSPS) is 24.4. The van der Waals surface area contributed by atoms with Crippen LogP contribution in [0.1, 0.15) is 18.4 Å². The first-order chi connectivity index (χ1) is 6.79. The summed E-state index contributed by atoms with van der Waals surface area (Å²) in [6.07, 6.45) is 5.38. The Balaban J connectivity index is 2.18. The number of allylic oxidation sites excluding steroid dienone is 1. The van der Waals surface area contributed by atoms with Crippen molar-refractivity contribution in [1.82, 2.24) is 0 Å². The largest absolute Gasteiger partial charge is 0.374 e. The minimum Gasteiger partial charge on any atom is -0.374 e. The van der Waals surface area contributed by atoms with Crippen molar-refractivity contribution >= 4 is 0 Å². The van der Waals surface area contributed by atoms with E-state index < -0.39 is 5.60 Å². The van der Waals surface area contributed by atoms with E-state index in [2.05, 4.69) is 11.8 Å². The summed E-state index contributed by atoms with van der Waals surface area (Å²) in [5, 5.41) is 9.89. The number of aliphatic hydroxyl groups is 1. The Kier molecular flexibility index (Phi) is 2.39. The fraction of sp³-hybridized carbons (Fsp3) is 0.231. The Bertz CT molecular complexity index is 394. The molecule has 0 radical (unpaired) electrons. The molecule has 0 spiro atoms. The van der Waals surface area contributed by atoms with Gasteiger partial charge in [0, 0.05) is 5.56 Å². The summed E-state index contributed by atoms with van der Waals surface area (Å²) in [6, 6.07) is 9.72. The predicted molar refractivity (Wildman–Crippen MR) is 56.6 cm³/mol. The molecule has 0 amide bonds. The van der Waals surface area contributed by atoms with E-state index in [0.29, 0.717) is 6.42 Å². The van der Waals surface area contributed by atoms with E-state index in [1.165, 1.54) is 0 Å². The van der Waals surface area contributed by atoms with Crippen LogP contribution in [0.15, 0.2) is 42.5 Å². The van der Waals surface area contributed by atoms with Gasteiger partial charge in [0.2, 0.25) is 0 Å². The molecule has 1 atom stereocenters. The molecule has 1 N–H and O–H groups in total. The van der Waals surface area contributed by atoms with Crippen LogP contribution in [0.5, 0.6) is 0 Å². The molecule has 1 heteroatoms. The highest BCUT2D eigenvalue weighted by Crippen LogP contribution is 2.21. The van der Waals surface area contributed by atoms with Crippen LogP contribution in [0.2, 0.25) is 0 Å². The van der Waals surface area contributed by atoms with E-state index in [9.17, 15) is 5.11 Å². The highest BCUT2D eigenvalue weighted by molar-refractivity contribution is 5.38. The summed E-state index contributed by atoms with van der Waals surface area (Å²) in [5.41, 5.74) is 0.0526. The van der Waals surface area contributed by atoms with E-state index in [-0.39, 0.29) is 0 Å². The standard InChI is InChI=1S/C13H12O/c14-13(9-4-5-10-13)11-8-12-6-2-1-3-7-12/h1-4,6-7,9,14H,5,10H2. The molecule has 0 aromatic heterocycles. The number of rotatable bonds is 0. The molecule has 1 nitrogen and oxygen atoms in total. The molecule has 0 heterocycles. The number of benzene rings is 1. The first-order valence-corrected chi connectivity index (χ1v) is 4.77. The van der Waals surface area contributed by atoms with Crippen LogP contribution in [0.4, 0.5) is 0 Å². The van der Waals surface area contributed by atoms with Crippen LogP contribution in [0.3, 0.4) is 0 Å². The number of hydrogen-bond donors (Lipinski definition) is 1. The minimum absolute atomic E-state index is 0.715. The average Bonchev–Trinajstić information content (AvgIpc) is 2.65. The van der Waals surface area contributed by atoms with Crippen LogP contribution in [-0.2, 0) is 0 Å². The van der Waals surface area contributed by atoms with Gasteiger partial charge in [0.25, 0.3) is 0 Å². The predicted octanol–water partition coefficient (Wildman–Crippen LogP) is 2.12. The maximum absolute atomic E-state index is 9.89. The van der Waals surface area contributed by atoms with Crippen molar-refractivity contribution in [1.29, 1.82) is 0 Å². The quantitative estimate of drug-likeness (QED) is 0.483. The molecule has 1 unspecified atom stereocenters. The fourth-order valence-electron chi connectivity index (χ4n) is 1.47. The van der Waals surface area contributed by atoms with Gasteiger partial charge >= 0.3 is 0 Å². The van der Waals surface area contributed by atoms with Crippen molar-refractivity contribution in [2.45, 2.75) is 18.4 Å². The lowest BCUT2D eigenvalue weighted by atomic mass is 10.0. The van der Waals surface area contributed by atoms with Crippen molar-refractivity contribution < 1.29 is 5.11 Å². The molecule has 1 aromatic rings. The summed E-state index contributed by atoms with van der Waals surface area (Å²) in [6.45, 7) is 0. The Morgan fingerprint density at radius 1 is 1.21 bits per heavy atom. The van der Waals surface area contributed by atoms with Crippen molar-refractivity contribution in [2.75, 3.05) is 0 Å². The topological polar surface area (TPSA) is 20.2 Å². The second-order valence-corrected chi connectivity index (χ2v) is 3.48. The van der Waals surface area contributed by atoms with Gasteiger partial charge in [-0.1, -0.05) is 36.1 Å². The van der Waals surface area contributed by atoms with Crippen molar-refractivity contribution in [3.8, 4) is 11.8 Å². The molecular weight excluding hydrogens is 172 g/mol. The summed E-state index contributed by atoms with van der Waals surface area (Å²) < 4.78 is 0. The molecule has 1 aromatic carbocycles. The maximum Gasteiger partial charge on any atom is 0.144 e. The minimum atomic E-state index is -0.893. The van der Waals surface area contributed by atoms with E-state index in [1.807, 2.05) is 36.4 Å². The van der Waals surface area contributed by atoms with Crippen molar-refractivity contribution in [3.63, 3.8) is 0 Å². The zero-order chi connectivity index (χ0) is 9.86. The highest BCUT2D eigenvalue weighted by Gasteiger charge is 2.23. The molecule has 0 fully saturated rings. The van der Waals surface area contributed by atoms with Gasteiger partial charge in [0.1, 0.15) is 5.60 Å².